The molecule has 1 saturated heterocycles. The second kappa shape index (κ2) is 7.43. The summed E-state index contributed by atoms with van der Waals surface area (Å²) in [5.74, 6) is 1.52. The number of hydrogen-bond acceptors (Lipinski definition) is 5. The van der Waals surface area contributed by atoms with Gasteiger partial charge < -0.3 is 14.8 Å². The first kappa shape index (κ1) is 15.8. The van der Waals surface area contributed by atoms with E-state index in [2.05, 4.69) is 15.3 Å². The number of nitrogens with zero attached hydrogens (tertiary/aromatic N) is 2. The molecule has 1 aromatic carbocycles. The third kappa shape index (κ3) is 3.74. The van der Waals surface area contributed by atoms with Crippen molar-refractivity contribution < 1.29 is 9.47 Å². The largest absolute Gasteiger partial charge is 0.474 e. The summed E-state index contributed by atoms with van der Waals surface area (Å²) in [5, 5.41) is 3.33. The average Bonchev–Trinajstić information content (AvgIpc) is 2.98. The molecule has 1 aliphatic heterocycles. The lowest BCUT2D eigenvalue weighted by Crippen LogP contribution is -2.16. The van der Waals surface area contributed by atoms with Crippen molar-refractivity contribution in [3.8, 4) is 11.8 Å². The van der Waals surface area contributed by atoms with Gasteiger partial charge in [0.05, 0.1) is 24.2 Å². The van der Waals surface area contributed by atoms with Crippen LogP contribution in [0, 0.1) is 5.92 Å². The smallest absolute Gasteiger partial charge is 0.278 e. The Labute approximate surface area is 130 Å². The summed E-state index contributed by atoms with van der Waals surface area (Å²) in [6, 6.07) is 7.75. The first-order chi connectivity index (χ1) is 9.86. The minimum atomic E-state index is 0. The maximum absolute atomic E-state index is 5.84. The summed E-state index contributed by atoms with van der Waals surface area (Å²) >= 11 is 0. The molecule has 1 aliphatic rings. The molecule has 1 unspecified atom stereocenters. The monoisotopic (exact) mass is 309 g/mol. The predicted octanol–water partition coefficient (Wildman–Crippen LogP) is 2.44. The van der Waals surface area contributed by atoms with Crippen LogP contribution in [0.1, 0.15) is 13.3 Å². The van der Waals surface area contributed by atoms with Crippen molar-refractivity contribution in [2.24, 2.45) is 5.92 Å². The van der Waals surface area contributed by atoms with Crippen molar-refractivity contribution in [3.05, 3.63) is 24.3 Å². The number of benzene rings is 1. The van der Waals surface area contributed by atoms with Crippen LogP contribution in [0.2, 0.25) is 0 Å². The molecule has 0 amide bonds. The summed E-state index contributed by atoms with van der Waals surface area (Å²) in [7, 11) is 0. The third-order valence-corrected chi connectivity index (χ3v) is 3.41. The minimum absolute atomic E-state index is 0. The normalized spacial score (nSPS) is 17.5. The lowest BCUT2D eigenvalue weighted by molar-refractivity contribution is 0.228. The molecule has 0 radical (unpaired) electrons. The van der Waals surface area contributed by atoms with Crippen LogP contribution in [0.15, 0.2) is 24.3 Å². The van der Waals surface area contributed by atoms with Gasteiger partial charge in [-0.25, -0.2) is 9.97 Å². The SMILES string of the molecule is CCOc1nc2ccccc2nc1OCC1CCNC1.Cl. The number of ether oxygens (including phenoxy) is 2. The molecule has 1 N–H and O–H groups in total. The zero-order chi connectivity index (χ0) is 13.8. The minimum Gasteiger partial charge on any atom is -0.474 e. The van der Waals surface area contributed by atoms with E-state index >= 15 is 0 Å². The highest BCUT2D eigenvalue weighted by molar-refractivity contribution is 5.85. The fourth-order valence-corrected chi connectivity index (χ4v) is 2.35. The van der Waals surface area contributed by atoms with E-state index in [4.69, 9.17) is 9.47 Å². The van der Waals surface area contributed by atoms with Crippen molar-refractivity contribution in [1.29, 1.82) is 0 Å². The summed E-state index contributed by atoms with van der Waals surface area (Å²) in [6.07, 6.45) is 1.14. The van der Waals surface area contributed by atoms with Crippen molar-refractivity contribution >= 4 is 23.4 Å². The van der Waals surface area contributed by atoms with E-state index in [1.54, 1.807) is 0 Å². The highest BCUT2D eigenvalue weighted by Gasteiger charge is 2.17. The molecule has 3 rings (SSSR count). The molecule has 0 spiro atoms. The molecule has 0 saturated carbocycles. The molecule has 1 fully saturated rings. The summed E-state index contributed by atoms with van der Waals surface area (Å²) in [6.45, 7) is 5.21. The van der Waals surface area contributed by atoms with Gasteiger partial charge in [0.15, 0.2) is 0 Å². The predicted molar refractivity (Wildman–Crippen MR) is 84.4 cm³/mol. The van der Waals surface area contributed by atoms with Crippen LogP contribution in [0.4, 0.5) is 0 Å². The second-order valence-electron chi connectivity index (χ2n) is 4.93. The van der Waals surface area contributed by atoms with E-state index in [1.807, 2.05) is 31.2 Å². The molecule has 1 atom stereocenters. The van der Waals surface area contributed by atoms with Crippen LogP contribution in [0.5, 0.6) is 11.8 Å². The number of nitrogens with one attached hydrogen (secondary N) is 1. The molecule has 2 heterocycles. The van der Waals surface area contributed by atoms with E-state index in [-0.39, 0.29) is 12.4 Å². The van der Waals surface area contributed by atoms with Gasteiger partial charge in [-0.3, -0.25) is 0 Å². The Morgan fingerprint density at radius 3 is 2.38 bits per heavy atom. The molecule has 2 aromatic rings. The fraction of sp³-hybridized carbons (Fsp3) is 0.467. The van der Waals surface area contributed by atoms with Gasteiger partial charge in [0.1, 0.15) is 0 Å². The Morgan fingerprint density at radius 1 is 1.14 bits per heavy atom. The molecule has 21 heavy (non-hydrogen) atoms. The average molecular weight is 310 g/mol. The van der Waals surface area contributed by atoms with Gasteiger partial charge in [-0.1, -0.05) is 12.1 Å². The Kier molecular flexibility index (Phi) is 5.59. The number of fused-ring (bicyclic) bond motifs is 1. The van der Waals surface area contributed by atoms with Crippen molar-refractivity contribution in [1.82, 2.24) is 15.3 Å². The number of aromatic nitrogens is 2. The Balaban J connectivity index is 0.00000161. The third-order valence-electron chi connectivity index (χ3n) is 3.41. The maximum Gasteiger partial charge on any atom is 0.278 e. The molecule has 0 bridgehead atoms. The van der Waals surface area contributed by atoms with Gasteiger partial charge in [0.2, 0.25) is 0 Å². The lowest BCUT2D eigenvalue weighted by atomic mass is 10.1. The van der Waals surface area contributed by atoms with E-state index in [9.17, 15) is 0 Å². The fourth-order valence-electron chi connectivity index (χ4n) is 2.35. The summed E-state index contributed by atoms with van der Waals surface area (Å²) in [4.78, 5) is 9.01. The van der Waals surface area contributed by atoms with Gasteiger partial charge in [0.25, 0.3) is 11.8 Å². The molecule has 6 heteroatoms. The van der Waals surface area contributed by atoms with E-state index in [0.717, 1.165) is 30.5 Å². The van der Waals surface area contributed by atoms with Crippen molar-refractivity contribution in [2.75, 3.05) is 26.3 Å². The van der Waals surface area contributed by atoms with Gasteiger partial charge in [-0.2, -0.15) is 0 Å². The Hall–Kier alpha value is -1.59. The number of halogens is 1. The molecule has 114 valence electrons. The highest BCUT2D eigenvalue weighted by Crippen LogP contribution is 2.26. The number of rotatable bonds is 5. The number of para-hydroxylation sites is 2. The molecular formula is C15H20ClN3O2. The quantitative estimate of drug-likeness (QED) is 0.919. The highest BCUT2D eigenvalue weighted by atomic mass is 35.5. The van der Waals surface area contributed by atoms with Crippen LogP contribution in [-0.2, 0) is 0 Å². The van der Waals surface area contributed by atoms with Crippen molar-refractivity contribution in [3.63, 3.8) is 0 Å². The molecular weight excluding hydrogens is 290 g/mol. The van der Waals surface area contributed by atoms with Crippen LogP contribution in [-0.4, -0.2) is 36.3 Å². The van der Waals surface area contributed by atoms with E-state index in [0.29, 0.717) is 30.9 Å². The second-order valence-corrected chi connectivity index (χ2v) is 4.93. The molecule has 5 nitrogen and oxygen atoms in total. The zero-order valence-electron chi connectivity index (χ0n) is 12.0. The van der Waals surface area contributed by atoms with Crippen LogP contribution in [0.25, 0.3) is 11.0 Å². The van der Waals surface area contributed by atoms with Crippen LogP contribution < -0.4 is 14.8 Å². The van der Waals surface area contributed by atoms with E-state index in [1.165, 1.54) is 0 Å². The Bertz CT molecular complexity index is 588. The maximum atomic E-state index is 5.84. The van der Waals surface area contributed by atoms with Gasteiger partial charge >= 0.3 is 0 Å². The van der Waals surface area contributed by atoms with Gasteiger partial charge in [0, 0.05) is 12.5 Å². The van der Waals surface area contributed by atoms with E-state index < -0.39 is 0 Å². The lowest BCUT2D eigenvalue weighted by Gasteiger charge is -2.13. The van der Waals surface area contributed by atoms with Gasteiger partial charge in [-0.05, 0) is 32.0 Å². The summed E-state index contributed by atoms with van der Waals surface area (Å²) in [5.41, 5.74) is 1.65. The van der Waals surface area contributed by atoms with Gasteiger partial charge in [-0.15, -0.1) is 12.4 Å². The molecule has 0 aliphatic carbocycles. The first-order valence-corrected chi connectivity index (χ1v) is 7.10. The zero-order valence-corrected chi connectivity index (χ0v) is 12.9. The summed E-state index contributed by atoms with van der Waals surface area (Å²) < 4.78 is 11.4. The topological polar surface area (TPSA) is 56.3 Å². The number of hydrogen-bond donors (Lipinski definition) is 1. The standard InChI is InChI=1S/C15H19N3O2.ClH/c1-2-19-14-15(20-10-11-7-8-16-9-11)18-13-6-4-3-5-12(13)17-14;/h3-6,11,16H,2,7-10H2,1H3;1H. The van der Waals surface area contributed by atoms with Crippen LogP contribution in [0.3, 0.4) is 0 Å². The van der Waals surface area contributed by atoms with Crippen molar-refractivity contribution in [2.45, 2.75) is 13.3 Å². The Morgan fingerprint density at radius 2 is 1.81 bits per heavy atom. The van der Waals surface area contributed by atoms with Crippen LogP contribution >= 0.6 is 12.4 Å². The first-order valence-electron chi connectivity index (χ1n) is 7.10. The molecule has 1 aromatic heterocycles.